The van der Waals surface area contributed by atoms with Crippen LogP contribution in [0.3, 0.4) is 0 Å². The molecule has 42 heavy (non-hydrogen) atoms. The highest BCUT2D eigenvalue weighted by Crippen LogP contribution is 2.41. The molecular weight excluding hydrogens is 532 g/mol. The highest BCUT2D eigenvalue weighted by Gasteiger charge is 2.36. The van der Waals surface area contributed by atoms with Crippen LogP contribution in [0.4, 0.5) is 5.69 Å². The molecule has 214 valence electrons. The summed E-state index contributed by atoms with van der Waals surface area (Å²) in [4.78, 5) is 38.0. The molecule has 0 saturated carbocycles. The van der Waals surface area contributed by atoms with Crippen molar-refractivity contribution < 1.29 is 24.2 Å². The Morgan fingerprint density at radius 3 is 2.55 bits per heavy atom. The summed E-state index contributed by atoms with van der Waals surface area (Å²) in [7, 11) is 0. The van der Waals surface area contributed by atoms with E-state index in [0.717, 1.165) is 27.8 Å². The Morgan fingerprint density at radius 1 is 1.12 bits per heavy atom. The van der Waals surface area contributed by atoms with Crippen LogP contribution in [-0.2, 0) is 32.1 Å². The molecule has 0 bridgehead atoms. The number of carboxylic acid groups (broad SMARTS) is 1. The van der Waals surface area contributed by atoms with Crippen LogP contribution in [0.15, 0.2) is 77.9 Å². The van der Waals surface area contributed by atoms with Crippen LogP contribution in [0.2, 0.25) is 0 Å². The van der Waals surface area contributed by atoms with Crippen molar-refractivity contribution in [2.45, 2.75) is 45.1 Å². The van der Waals surface area contributed by atoms with Crippen LogP contribution < -0.4 is 5.32 Å². The number of hydrogen-bond acceptors (Lipinski definition) is 6. The maximum atomic E-state index is 13.7. The van der Waals surface area contributed by atoms with Crippen LogP contribution >= 0.6 is 0 Å². The number of nitrogens with one attached hydrogen (secondary N) is 1. The third-order valence-electron chi connectivity index (χ3n) is 8.09. The van der Waals surface area contributed by atoms with Gasteiger partial charge in [-0.3, -0.25) is 14.4 Å². The SMILES string of the molecule is CC(CC#N)C(C(=O)Nc1cccc2c1CC(C(=O)O)C2C)c1ccc(CN2N=C(c3ccccc3)OCC2=O)cc1. The number of ether oxygens (including phenoxy) is 1. The summed E-state index contributed by atoms with van der Waals surface area (Å²) in [5.41, 5.74) is 4.73. The second-order valence-electron chi connectivity index (χ2n) is 10.9. The highest BCUT2D eigenvalue weighted by atomic mass is 16.5. The molecule has 3 aromatic carbocycles. The fraction of sp³-hybridized carbons (Fsp3) is 0.303. The van der Waals surface area contributed by atoms with Crippen molar-refractivity contribution in [2.75, 3.05) is 11.9 Å². The van der Waals surface area contributed by atoms with Crippen LogP contribution in [-0.4, -0.2) is 40.4 Å². The molecule has 2 N–H and O–H groups in total. The number of benzene rings is 3. The van der Waals surface area contributed by atoms with Crippen LogP contribution in [0, 0.1) is 23.2 Å². The lowest BCUT2D eigenvalue weighted by molar-refractivity contribution is -0.142. The van der Waals surface area contributed by atoms with Crippen molar-refractivity contribution in [3.05, 3.63) is 101 Å². The largest absolute Gasteiger partial charge is 0.481 e. The lowest BCUT2D eigenvalue weighted by Gasteiger charge is -2.25. The maximum Gasteiger partial charge on any atom is 0.307 e. The minimum Gasteiger partial charge on any atom is -0.481 e. The normalized spacial score (nSPS) is 19.1. The third kappa shape index (κ3) is 5.88. The molecule has 9 heteroatoms. The summed E-state index contributed by atoms with van der Waals surface area (Å²) >= 11 is 0. The number of carbonyl (C=O) groups excluding carboxylic acids is 2. The van der Waals surface area contributed by atoms with E-state index in [-0.39, 0.29) is 43.2 Å². The molecule has 0 fully saturated rings. The van der Waals surface area contributed by atoms with E-state index in [4.69, 9.17) is 4.74 Å². The lowest BCUT2D eigenvalue weighted by Crippen LogP contribution is -2.36. The van der Waals surface area contributed by atoms with E-state index in [2.05, 4.69) is 16.5 Å². The minimum absolute atomic E-state index is 0.102. The first-order chi connectivity index (χ1) is 20.3. The second-order valence-corrected chi connectivity index (χ2v) is 10.9. The summed E-state index contributed by atoms with van der Waals surface area (Å²) < 4.78 is 5.53. The molecule has 1 heterocycles. The van der Waals surface area contributed by atoms with Gasteiger partial charge in [0.15, 0.2) is 6.61 Å². The summed E-state index contributed by atoms with van der Waals surface area (Å²) in [5.74, 6) is -2.56. The van der Waals surface area contributed by atoms with Crippen LogP contribution in [0.25, 0.3) is 0 Å². The number of fused-ring (bicyclic) bond motifs is 1. The number of aliphatic carboxylic acids is 1. The van der Waals surface area contributed by atoms with E-state index in [1.54, 1.807) is 6.07 Å². The average Bonchev–Trinajstić information content (AvgIpc) is 3.33. The van der Waals surface area contributed by atoms with Gasteiger partial charge >= 0.3 is 5.97 Å². The number of amides is 2. The van der Waals surface area contributed by atoms with Gasteiger partial charge in [0.2, 0.25) is 11.8 Å². The maximum absolute atomic E-state index is 13.7. The Hall–Kier alpha value is -4.97. The zero-order valence-corrected chi connectivity index (χ0v) is 23.5. The molecule has 0 radical (unpaired) electrons. The molecule has 4 unspecified atom stereocenters. The zero-order chi connectivity index (χ0) is 29.8. The smallest absolute Gasteiger partial charge is 0.307 e. The van der Waals surface area contributed by atoms with Gasteiger partial charge in [-0.25, -0.2) is 5.01 Å². The monoisotopic (exact) mass is 564 g/mol. The molecule has 1 aliphatic heterocycles. The predicted molar refractivity (Wildman–Crippen MR) is 156 cm³/mol. The Labute approximate surface area is 244 Å². The summed E-state index contributed by atoms with van der Waals surface area (Å²) in [6.45, 7) is 3.90. The fourth-order valence-corrected chi connectivity index (χ4v) is 5.75. The minimum atomic E-state index is -0.850. The van der Waals surface area contributed by atoms with Crippen molar-refractivity contribution in [1.29, 1.82) is 5.26 Å². The Morgan fingerprint density at radius 2 is 1.86 bits per heavy atom. The van der Waals surface area contributed by atoms with Crippen LogP contribution in [0.1, 0.15) is 59.9 Å². The third-order valence-corrected chi connectivity index (χ3v) is 8.09. The summed E-state index contributed by atoms with van der Waals surface area (Å²) in [6.07, 6.45) is 0.536. The van der Waals surface area contributed by atoms with E-state index in [0.29, 0.717) is 18.0 Å². The average molecular weight is 565 g/mol. The Bertz CT molecular complexity index is 1560. The number of rotatable bonds is 9. The first kappa shape index (κ1) is 28.6. The van der Waals surface area contributed by atoms with Gasteiger partial charge in [-0.05, 0) is 58.7 Å². The van der Waals surface area contributed by atoms with Gasteiger partial charge in [-0.15, -0.1) is 5.10 Å². The molecule has 1 aliphatic carbocycles. The molecule has 2 aliphatic rings. The van der Waals surface area contributed by atoms with Gasteiger partial charge in [0.05, 0.1) is 24.4 Å². The van der Waals surface area contributed by atoms with Crippen molar-refractivity contribution >= 4 is 29.4 Å². The quantitative estimate of drug-likeness (QED) is 0.374. The van der Waals surface area contributed by atoms with Gasteiger partial charge in [0.25, 0.3) is 5.91 Å². The van der Waals surface area contributed by atoms with E-state index in [1.807, 2.05) is 80.6 Å². The zero-order valence-electron chi connectivity index (χ0n) is 23.5. The van der Waals surface area contributed by atoms with E-state index in [9.17, 15) is 24.8 Å². The number of hydrogen-bond donors (Lipinski definition) is 2. The topological polar surface area (TPSA) is 132 Å². The van der Waals surface area contributed by atoms with Gasteiger partial charge < -0.3 is 15.2 Å². The predicted octanol–water partition coefficient (Wildman–Crippen LogP) is 5.04. The molecule has 3 aromatic rings. The summed E-state index contributed by atoms with van der Waals surface area (Å²) in [6, 6.07) is 24.5. The number of carbonyl (C=O) groups is 3. The van der Waals surface area contributed by atoms with Crippen molar-refractivity contribution in [1.82, 2.24) is 5.01 Å². The molecule has 0 spiro atoms. The van der Waals surface area contributed by atoms with Gasteiger partial charge in [-0.1, -0.05) is 68.4 Å². The highest BCUT2D eigenvalue weighted by molar-refractivity contribution is 5.98. The molecule has 0 aromatic heterocycles. The van der Waals surface area contributed by atoms with Crippen molar-refractivity contribution in [2.24, 2.45) is 16.9 Å². The first-order valence-corrected chi connectivity index (χ1v) is 13.9. The number of nitrogens with zero attached hydrogens (tertiary/aromatic N) is 3. The molecule has 9 nitrogen and oxygen atoms in total. The Kier molecular flexibility index (Phi) is 8.34. The van der Waals surface area contributed by atoms with Crippen LogP contribution in [0.5, 0.6) is 0 Å². The van der Waals surface area contributed by atoms with E-state index >= 15 is 0 Å². The van der Waals surface area contributed by atoms with Crippen molar-refractivity contribution in [3.63, 3.8) is 0 Å². The number of nitriles is 1. The first-order valence-electron chi connectivity index (χ1n) is 13.9. The standard InChI is InChI=1S/C33H32N4O5/c1-20(15-16-34)30(31(39)35-28-10-6-9-25-21(2)26(33(40)41)17-27(25)28)23-13-11-22(12-14-23)18-37-29(38)19-42-32(36-37)24-7-4-3-5-8-24/h3-14,20-21,26,30H,15,17-19H2,1-2H3,(H,35,39)(H,40,41). The van der Waals surface area contributed by atoms with E-state index < -0.39 is 17.8 Å². The van der Waals surface area contributed by atoms with Gasteiger partial charge in [0.1, 0.15) is 0 Å². The molecule has 0 saturated heterocycles. The van der Waals surface area contributed by atoms with E-state index in [1.165, 1.54) is 5.01 Å². The molecule has 5 rings (SSSR count). The molecule has 4 atom stereocenters. The number of hydrazone groups is 1. The van der Waals surface area contributed by atoms with Crippen molar-refractivity contribution in [3.8, 4) is 6.07 Å². The number of carboxylic acids is 1. The van der Waals surface area contributed by atoms with Gasteiger partial charge in [-0.2, -0.15) is 5.26 Å². The molecular formula is C33H32N4O5. The van der Waals surface area contributed by atoms with Gasteiger partial charge in [0, 0.05) is 17.7 Å². The fourth-order valence-electron chi connectivity index (χ4n) is 5.75. The number of anilines is 1. The lowest BCUT2D eigenvalue weighted by atomic mass is 9.84. The Balaban J connectivity index is 1.35. The second kappa shape index (κ2) is 12.3. The summed E-state index contributed by atoms with van der Waals surface area (Å²) in [5, 5.41) is 27.9. The molecule has 2 amide bonds.